The van der Waals surface area contributed by atoms with Crippen molar-refractivity contribution in [3.05, 3.63) is 16.3 Å². The van der Waals surface area contributed by atoms with Gasteiger partial charge in [0.05, 0.1) is 11.5 Å². The van der Waals surface area contributed by atoms with Crippen molar-refractivity contribution in [2.24, 2.45) is 5.92 Å². The molecule has 0 spiro atoms. The monoisotopic (exact) mass is 243 g/mol. The van der Waals surface area contributed by atoms with E-state index in [0.717, 1.165) is 30.8 Å². The maximum Gasteiger partial charge on any atom is 0.347 e. The predicted octanol–water partition coefficient (Wildman–Crippen LogP) is 1.43. The van der Waals surface area contributed by atoms with Crippen LogP contribution in [0.4, 0.5) is 5.00 Å². The molecule has 0 bridgehead atoms. The lowest BCUT2D eigenvalue weighted by molar-refractivity contribution is -0.380. The van der Waals surface area contributed by atoms with E-state index in [1.807, 2.05) is 0 Å². The summed E-state index contributed by atoms with van der Waals surface area (Å²) >= 11 is 0.975. The van der Waals surface area contributed by atoms with Crippen molar-refractivity contribution in [2.45, 2.75) is 12.8 Å². The van der Waals surface area contributed by atoms with Gasteiger partial charge in [0.15, 0.2) is 0 Å². The number of hydrogen-bond donors (Lipinski definition) is 1. The Bertz CT molecular complexity index is 363. The first-order chi connectivity index (χ1) is 7.75. The summed E-state index contributed by atoms with van der Waals surface area (Å²) in [6.45, 7) is 2.70. The van der Waals surface area contributed by atoms with Gasteiger partial charge in [0.2, 0.25) is 0 Å². The molecule has 1 aliphatic rings. The Hall–Kier alpha value is -1.21. The Morgan fingerprint density at radius 2 is 2.62 bits per heavy atom. The molecule has 1 aliphatic heterocycles. The summed E-state index contributed by atoms with van der Waals surface area (Å²) in [6, 6.07) is 0. The lowest BCUT2D eigenvalue weighted by atomic mass is 10.1. The van der Waals surface area contributed by atoms with E-state index in [2.05, 4.69) is 10.3 Å². The fraction of sp³-hybridized carbons (Fsp3) is 0.667. The molecule has 7 heteroatoms. The summed E-state index contributed by atoms with van der Waals surface area (Å²) in [6.07, 6.45) is 3.39. The lowest BCUT2D eigenvalue weighted by Gasteiger charge is -2.07. The number of nitro groups is 1. The van der Waals surface area contributed by atoms with Gasteiger partial charge in [-0.05, 0) is 43.2 Å². The third-order valence-corrected chi connectivity index (χ3v) is 3.43. The van der Waals surface area contributed by atoms with Crippen LogP contribution in [0.25, 0.3) is 0 Å². The summed E-state index contributed by atoms with van der Waals surface area (Å²) in [7, 11) is 0. The zero-order valence-corrected chi connectivity index (χ0v) is 9.53. The smallest absolute Gasteiger partial charge is 0.347 e. The molecule has 0 amide bonds. The number of aromatic nitrogens is 1. The van der Waals surface area contributed by atoms with Gasteiger partial charge < -0.3 is 10.1 Å². The molecular formula is C9H13N3O3S. The molecule has 1 unspecified atom stereocenters. The molecule has 0 aliphatic carbocycles. The summed E-state index contributed by atoms with van der Waals surface area (Å²) < 4.78 is 5.37. The molecule has 1 atom stereocenters. The Labute approximate surface area is 96.8 Å². The van der Waals surface area contributed by atoms with E-state index >= 15 is 0 Å². The SMILES string of the molecule is O=[N+]([O-])c1cnc(OCCC2CCNC2)s1. The molecule has 16 heavy (non-hydrogen) atoms. The quantitative estimate of drug-likeness (QED) is 0.625. The van der Waals surface area contributed by atoms with Crippen LogP contribution in [0, 0.1) is 16.0 Å². The molecule has 1 saturated heterocycles. The lowest BCUT2D eigenvalue weighted by Crippen LogP contribution is -2.11. The van der Waals surface area contributed by atoms with Crippen LogP contribution in [-0.4, -0.2) is 29.6 Å². The Balaban J connectivity index is 1.74. The highest BCUT2D eigenvalue weighted by atomic mass is 32.1. The molecule has 1 fully saturated rings. The van der Waals surface area contributed by atoms with Crippen molar-refractivity contribution in [3.8, 4) is 5.19 Å². The van der Waals surface area contributed by atoms with Gasteiger partial charge in [-0.15, -0.1) is 0 Å². The second-order valence-corrected chi connectivity index (χ2v) is 4.69. The van der Waals surface area contributed by atoms with Crippen LogP contribution in [0.15, 0.2) is 6.20 Å². The Morgan fingerprint density at radius 3 is 3.25 bits per heavy atom. The van der Waals surface area contributed by atoms with E-state index in [9.17, 15) is 10.1 Å². The minimum absolute atomic E-state index is 0.0255. The van der Waals surface area contributed by atoms with E-state index in [1.165, 1.54) is 12.6 Å². The zero-order valence-electron chi connectivity index (χ0n) is 8.72. The zero-order chi connectivity index (χ0) is 11.4. The van der Waals surface area contributed by atoms with E-state index in [0.29, 0.717) is 17.7 Å². The summed E-state index contributed by atoms with van der Waals surface area (Å²) in [5.74, 6) is 0.662. The highest BCUT2D eigenvalue weighted by molar-refractivity contribution is 7.16. The summed E-state index contributed by atoms with van der Waals surface area (Å²) in [5, 5.41) is 14.1. The third-order valence-electron chi connectivity index (χ3n) is 2.57. The highest BCUT2D eigenvalue weighted by Crippen LogP contribution is 2.27. The fourth-order valence-electron chi connectivity index (χ4n) is 1.67. The van der Waals surface area contributed by atoms with Gasteiger partial charge in [-0.2, -0.15) is 0 Å². The topological polar surface area (TPSA) is 77.3 Å². The maximum absolute atomic E-state index is 10.4. The van der Waals surface area contributed by atoms with Gasteiger partial charge >= 0.3 is 5.00 Å². The Morgan fingerprint density at radius 1 is 1.75 bits per heavy atom. The van der Waals surface area contributed by atoms with Crippen LogP contribution < -0.4 is 10.1 Å². The molecular weight excluding hydrogens is 230 g/mol. The minimum Gasteiger partial charge on any atom is -0.470 e. The van der Waals surface area contributed by atoms with Crippen molar-refractivity contribution in [1.29, 1.82) is 0 Å². The molecule has 1 aromatic heterocycles. The van der Waals surface area contributed by atoms with Crippen LogP contribution in [0.3, 0.4) is 0 Å². The van der Waals surface area contributed by atoms with Gasteiger partial charge in [-0.25, -0.2) is 4.98 Å². The average Bonchev–Trinajstić information content (AvgIpc) is 2.87. The van der Waals surface area contributed by atoms with Gasteiger partial charge in [0.25, 0.3) is 5.19 Å². The third kappa shape index (κ3) is 2.89. The second kappa shape index (κ2) is 5.22. The first-order valence-corrected chi connectivity index (χ1v) is 6.01. The van der Waals surface area contributed by atoms with Crippen molar-refractivity contribution < 1.29 is 9.66 Å². The molecule has 0 aromatic carbocycles. The molecule has 1 aromatic rings. The molecule has 1 N–H and O–H groups in total. The molecule has 6 nitrogen and oxygen atoms in total. The van der Waals surface area contributed by atoms with E-state index in [4.69, 9.17) is 4.74 Å². The van der Waals surface area contributed by atoms with Gasteiger partial charge in [-0.3, -0.25) is 10.1 Å². The number of nitrogens with one attached hydrogen (secondary N) is 1. The number of hydrogen-bond acceptors (Lipinski definition) is 6. The van der Waals surface area contributed by atoms with E-state index < -0.39 is 4.92 Å². The van der Waals surface area contributed by atoms with Crippen LogP contribution in [-0.2, 0) is 0 Å². The van der Waals surface area contributed by atoms with E-state index in [-0.39, 0.29) is 5.00 Å². The number of nitrogens with zero attached hydrogens (tertiary/aromatic N) is 2. The molecule has 2 heterocycles. The largest absolute Gasteiger partial charge is 0.470 e. The normalized spacial score (nSPS) is 19.9. The predicted molar refractivity (Wildman–Crippen MR) is 59.9 cm³/mol. The van der Waals surface area contributed by atoms with Crippen LogP contribution in [0.2, 0.25) is 0 Å². The standard InChI is InChI=1S/C9H13N3O3S/c13-12(14)8-6-11-9(16-8)15-4-2-7-1-3-10-5-7/h6-7,10H,1-5H2. The first kappa shape index (κ1) is 11.3. The molecule has 2 rings (SSSR count). The molecule has 88 valence electrons. The average molecular weight is 243 g/mol. The van der Waals surface area contributed by atoms with Gasteiger partial charge in [0.1, 0.15) is 6.20 Å². The maximum atomic E-state index is 10.4. The fourth-order valence-corrected chi connectivity index (χ4v) is 2.28. The summed E-state index contributed by atoms with van der Waals surface area (Å²) in [4.78, 5) is 13.8. The van der Waals surface area contributed by atoms with Crippen molar-refractivity contribution in [1.82, 2.24) is 10.3 Å². The van der Waals surface area contributed by atoms with Crippen LogP contribution in [0.5, 0.6) is 5.19 Å². The molecule has 0 radical (unpaired) electrons. The van der Waals surface area contributed by atoms with Gasteiger partial charge in [0, 0.05) is 0 Å². The number of thiazole rings is 1. The Kier molecular flexibility index (Phi) is 3.68. The number of rotatable bonds is 5. The van der Waals surface area contributed by atoms with Crippen molar-refractivity contribution >= 4 is 16.3 Å². The van der Waals surface area contributed by atoms with Crippen molar-refractivity contribution in [2.75, 3.05) is 19.7 Å². The van der Waals surface area contributed by atoms with Crippen molar-refractivity contribution in [3.63, 3.8) is 0 Å². The number of ether oxygens (including phenoxy) is 1. The summed E-state index contributed by atoms with van der Waals surface area (Å²) in [5.41, 5.74) is 0. The van der Waals surface area contributed by atoms with E-state index in [1.54, 1.807) is 0 Å². The first-order valence-electron chi connectivity index (χ1n) is 5.19. The molecule has 0 saturated carbocycles. The second-order valence-electron chi connectivity index (χ2n) is 3.72. The highest BCUT2D eigenvalue weighted by Gasteiger charge is 2.15. The van der Waals surface area contributed by atoms with Crippen LogP contribution >= 0.6 is 11.3 Å². The van der Waals surface area contributed by atoms with Crippen LogP contribution in [0.1, 0.15) is 12.8 Å². The van der Waals surface area contributed by atoms with Gasteiger partial charge in [-0.1, -0.05) is 0 Å². The minimum atomic E-state index is -0.453.